The Balaban J connectivity index is 1.32. The molecule has 0 fully saturated rings. The lowest BCUT2D eigenvalue weighted by Gasteiger charge is -2.30. The Hall–Kier alpha value is -3.91. The minimum absolute atomic E-state index is 0.314. The molecule has 1 unspecified atom stereocenters. The number of hydrogen-bond acceptors (Lipinski definition) is 5. The highest BCUT2D eigenvalue weighted by Crippen LogP contribution is 2.37. The lowest BCUT2D eigenvalue weighted by molar-refractivity contribution is -0.124. The van der Waals surface area contributed by atoms with Crippen LogP contribution in [0.15, 0.2) is 79.0 Å². The summed E-state index contributed by atoms with van der Waals surface area (Å²) in [5.41, 5.74) is 9.07. The average molecular weight is 567 g/mol. The molecule has 1 amide bonds. The number of ether oxygens (including phenoxy) is 1. The zero-order valence-electron chi connectivity index (χ0n) is 24.7. The van der Waals surface area contributed by atoms with Gasteiger partial charge in [0.2, 0.25) is 0 Å². The number of aryl methyl sites for hydroxylation is 1. The topological polar surface area (TPSA) is 80.8 Å². The third-order valence-electron chi connectivity index (χ3n) is 8.41. The number of aromatic nitrogens is 1. The van der Waals surface area contributed by atoms with Gasteiger partial charge in [0, 0.05) is 48.9 Å². The molecule has 1 heterocycles. The first kappa shape index (κ1) is 29.6. The zero-order chi connectivity index (χ0) is 29.3. The smallest absolute Gasteiger partial charge is 0.267 e. The van der Waals surface area contributed by atoms with Crippen molar-refractivity contribution in [3.8, 4) is 5.75 Å². The number of rotatable bonds is 14. The van der Waals surface area contributed by atoms with Crippen LogP contribution in [0.5, 0.6) is 5.75 Å². The largest absolute Gasteiger partial charge is 0.492 e. The number of hydrogen-bond donors (Lipinski definition) is 3. The molecule has 0 aliphatic heterocycles. The molecule has 42 heavy (non-hydrogen) atoms. The Morgan fingerprint density at radius 3 is 2.67 bits per heavy atom. The Bertz CT molecular complexity index is 1490. The van der Waals surface area contributed by atoms with Crippen LogP contribution in [0.1, 0.15) is 54.1 Å². The number of nitrogens with zero attached hydrogens (tertiary/aromatic N) is 2. The first-order valence-corrected chi connectivity index (χ1v) is 15.1. The van der Waals surface area contributed by atoms with E-state index in [0.717, 1.165) is 63.3 Å². The molecule has 1 aromatic heterocycles. The maximum Gasteiger partial charge on any atom is 0.267 e. The number of fused-ring (bicyclic) bond motifs is 2. The molecule has 7 nitrogen and oxygen atoms in total. The van der Waals surface area contributed by atoms with E-state index in [1.165, 1.54) is 39.2 Å². The first-order chi connectivity index (χ1) is 20.6. The summed E-state index contributed by atoms with van der Waals surface area (Å²) in [6.07, 6.45) is 8.24. The molecule has 0 spiro atoms. The van der Waals surface area contributed by atoms with Gasteiger partial charge in [0.05, 0.1) is 0 Å². The van der Waals surface area contributed by atoms with Gasteiger partial charge < -0.3 is 14.6 Å². The van der Waals surface area contributed by atoms with E-state index in [1.54, 1.807) is 11.6 Å². The van der Waals surface area contributed by atoms with Gasteiger partial charge in [-0.3, -0.25) is 14.9 Å². The van der Waals surface area contributed by atoms with Gasteiger partial charge in [0.1, 0.15) is 12.4 Å². The van der Waals surface area contributed by atoms with Crippen LogP contribution in [-0.2, 0) is 24.2 Å². The van der Waals surface area contributed by atoms with Gasteiger partial charge in [-0.2, -0.15) is 0 Å². The molecule has 3 N–H and O–H groups in total. The van der Waals surface area contributed by atoms with Gasteiger partial charge in [0.25, 0.3) is 5.91 Å². The van der Waals surface area contributed by atoms with Crippen molar-refractivity contribution in [2.75, 3.05) is 32.8 Å². The minimum atomic E-state index is -0.530. The summed E-state index contributed by atoms with van der Waals surface area (Å²) in [5, 5.41) is 10.1. The quantitative estimate of drug-likeness (QED) is 0.0971. The van der Waals surface area contributed by atoms with Crippen LogP contribution in [0.4, 0.5) is 0 Å². The molecular formula is C35H42N4O3. The van der Waals surface area contributed by atoms with E-state index in [-0.39, 0.29) is 0 Å². The minimum Gasteiger partial charge on any atom is -0.492 e. The van der Waals surface area contributed by atoms with Gasteiger partial charge in [-0.25, -0.2) is 5.48 Å². The highest BCUT2D eigenvalue weighted by atomic mass is 16.5. The summed E-state index contributed by atoms with van der Waals surface area (Å²) in [4.78, 5) is 19.8. The van der Waals surface area contributed by atoms with Crippen molar-refractivity contribution in [2.45, 2.75) is 45.7 Å². The van der Waals surface area contributed by atoms with E-state index >= 15 is 0 Å². The second-order valence-corrected chi connectivity index (χ2v) is 10.9. The fraction of sp³-hybridized carbons (Fsp3) is 0.343. The Morgan fingerprint density at radius 1 is 1.07 bits per heavy atom. The van der Waals surface area contributed by atoms with Crippen molar-refractivity contribution in [2.24, 2.45) is 0 Å². The molecule has 0 radical (unpaired) electrons. The van der Waals surface area contributed by atoms with E-state index in [1.807, 2.05) is 0 Å². The van der Waals surface area contributed by atoms with Crippen molar-refractivity contribution >= 4 is 22.9 Å². The summed E-state index contributed by atoms with van der Waals surface area (Å²) in [5.74, 6) is 0.384. The first-order valence-electron chi connectivity index (χ1n) is 15.1. The van der Waals surface area contributed by atoms with Crippen LogP contribution >= 0.6 is 0 Å². The maximum atomic E-state index is 11.4. The number of hydroxylamine groups is 1. The Labute approximate surface area is 248 Å². The van der Waals surface area contributed by atoms with Crippen LogP contribution in [0.3, 0.4) is 0 Å². The van der Waals surface area contributed by atoms with E-state index in [2.05, 4.69) is 102 Å². The van der Waals surface area contributed by atoms with Crippen molar-refractivity contribution in [3.63, 3.8) is 0 Å². The number of carbonyl (C=O) groups excluding carboxylic acids is 1. The second-order valence-electron chi connectivity index (χ2n) is 10.9. The molecule has 0 saturated carbocycles. The van der Waals surface area contributed by atoms with Crippen molar-refractivity contribution < 1.29 is 14.7 Å². The lowest BCUT2D eigenvalue weighted by atomic mass is 10.0. The van der Waals surface area contributed by atoms with Gasteiger partial charge in [-0.15, -0.1) is 0 Å². The van der Waals surface area contributed by atoms with Gasteiger partial charge in [-0.1, -0.05) is 62.4 Å². The summed E-state index contributed by atoms with van der Waals surface area (Å²) >= 11 is 0. The van der Waals surface area contributed by atoms with E-state index in [0.29, 0.717) is 12.6 Å². The Morgan fingerprint density at radius 2 is 1.88 bits per heavy atom. The number of carbonyl (C=O) groups is 1. The molecule has 1 aliphatic carbocycles. The van der Waals surface area contributed by atoms with Gasteiger partial charge in [-0.05, 0) is 84.4 Å². The molecule has 1 aliphatic rings. The lowest BCUT2D eigenvalue weighted by Crippen LogP contribution is -2.29. The third-order valence-corrected chi connectivity index (χ3v) is 8.41. The van der Waals surface area contributed by atoms with Crippen molar-refractivity contribution in [3.05, 3.63) is 107 Å². The number of para-hydroxylation sites is 1. The number of nitrogens with one attached hydrogen (secondary N) is 2. The molecule has 5 rings (SSSR count). The van der Waals surface area contributed by atoms with E-state index in [4.69, 9.17) is 9.94 Å². The van der Waals surface area contributed by atoms with Crippen LogP contribution in [0.2, 0.25) is 0 Å². The number of H-pyrrole nitrogens is 1. The Kier molecular flexibility index (Phi) is 10.1. The molecule has 0 bridgehead atoms. The molecule has 7 heteroatoms. The van der Waals surface area contributed by atoms with Crippen LogP contribution in [0, 0.1) is 0 Å². The standard InChI is InChI=1S/C35H42N4O3/c1-3-38(4-2)21-22-42-30-14-9-27(10-15-30)25-39(20-19-29-24-36-33-8-6-5-7-31(29)33)34-17-13-28-23-26(11-16-32(28)34)12-18-35(40)37-41/h5-12,14-16,18,23-24,34,36,41H,3-4,13,17,19-22,25H2,1-2H3,(H,37,40). The van der Waals surface area contributed by atoms with Crippen LogP contribution < -0.4 is 10.2 Å². The predicted octanol–water partition coefficient (Wildman–Crippen LogP) is 6.14. The normalized spacial score (nSPS) is 14.7. The number of benzene rings is 3. The molecule has 3 aromatic carbocycles. The fourth-order valence-electron chi connectivity index (χ4n) is 6.01. The molecule has 1 atom stereocenters. The third kappa shape index (κ3) is 7.29. The predicted molar refractivity (Wildman–Crippen MR) is 169 cm³/mol. The van der Waals surface area contributed by atoms with Crippen molar-refractivity contribution in [1.82, 2.24) is 20.3 Å². The SMILES string of the molecule is CCN(CC)CCOc1ccc(CN(CCc2c[nH]c3ccccc23)C2CCc3cc(C=CC(=O)NO)ccc32)cc1. The van der Waals surface area contributed by atoms with E-state index < -0.39 is 5.91 Å². The summed E-state index contributed by atoms with van der Waals surface area (Å²) < 4.78 is 6.03. The molecule has 0 saturated heterocycles. The summed E-state index contributed by atoms with van der Waals surface area (Å²) in [6.45, 7) is 9.85. The highest BCUT2D eigenvalue weighted by Gasteiger charge is 2.28. The highest BCUT2D eigenvalue weighted by molar-refractivity contribution is 5.90. The number of amides is 1. The van der Waals surface area contributed by atoms with Crippen LogP contribution in [-0.4, -0.2) is 58.7 Å². The fourth-order valence-corrected chi connectivity index (χ4v) is 6.01. The monoisotopic (exact) mass is 566 g/mol. The van der Waals surface area contributed by atoms with Crippen LogP contribution in [0.25, 0.3) is 17.0 Å². The maximum absolute atomic E-state index is 11.4. The summed E-state index contributed by atoms with van der Waals surface area (Å²) in [6, 6.07) is 23.8. The van der Waals surface area contributed by atoms with Gasteiger partial charge in [0.15, 0.2) is 0 Å². The average Bonchev–Trinajstić information content (AvgIpc) is 3.65. The molecular weight excluding hydrogens is 524 g/mol. The second kappa shape index (κ2) is 14.3. The molecule has 220 valence electrons. The van der Waals surface area contributed by atoms with E-state index in [9.17, 15) is 4.79 Å². The zero-order valence-corrected chi connectivity index (χ0v) is 24.7. The summed E-state index contributed by atoms with van der Waals surface area (Å²) in [7, 11) is 0. The number of likely N-dealkylation sites (N-methyl/N-ethyl adjacent to an activating group) is 1. The number of aromatic amines is 1. The van der Waals surface area contributed by atoms with Crippen molar-refractivity contribution in [1.29, 1.82) is 0 Å². The van der Waals surface area contributed by atoms with Gasteiger partial charge >= 0.3 is 0 Å². The molecule has 4 aromatic rings.